The molecule has 158 valence electrons. The number of carbonyl (C=O) groups excluding carboxylic acids is 1. The zero-order valence-electron chi connectivity index (χ0n) is 17.7. The average molecular weight is 425 g/mol. The standard InChI is InChI=1S/C23H28N4O2S/c1-4-26(5-2)15-16-27-22(29)19-13-9-10-14-20(19)25-23(27)30-17(3)21(28)24-18-11-7-6-8-12-18/h6-14,17H,4-5,15-16H2,1-3H3,(H,24,28)/t17-/m0/s1. The molecule has 3 aromatic rings. The number of aromatic nitrogens is 2. The van der Waals surface area contributed by atoms with Crippen LogP contribution in [-0.4, -0.2) is 45.2 Å². The molecule has 1 atom stereocenters. The molecular formula is C23H28N4O2S. The van der Waals surface area contributed by atoms with Gasteiger partial charge < -0.3 is 10.2 Å². The van der Waals surface area contributed by atoms with E-state index in [9.17, 15) is 9.59 Å². The molecule has 0 spiro atoms. The number of carbonyl (C=O) groups is 1. The molecule has 0 aliphatic carbocycles. The van der Waals surface area contributed by atoms with Crippen molar-refractivity contribution in [1.82, 2.24) is 14.5 Å². The highest BCUT2D eigenvalue weighted by Crippen LogP contribution is 2.23. The summed E-state index contributed by atoms with van der Waals surface area (Å²) in [6.45, 7) is 9.18. The van der Waals surface area contributed by atoms with Crippen LogP contribution in [0.2, 0.25) is 0 Å². The smallest absolute Gasteiger partial charge is 0.262 e. The summed E-state index contributed by atoms with van der Waals surface area (Å²) in [6.07, 6.45) is 0. The van der Waals surface area contributed by atoms with E-state index < -0.39 is 5.25 Å². The van der Waals surface area contributed by atoms with Crippen LogP contribution >= 0.6 is 11.8 Å². The van der Waals surface area contributed by atoms with Crippen molar-refractivity contribution >= 4 is 34.3 Å². The average Bonchev–Trinajstić information content (AvgIpc) is 2.76. The zero-order valence-corrected chi connectivity index (χ0v) is 18.5. The van der Waals surface area contributed by atoms with Gasteiger partial charge in [0, 0.05) is 18.8 Å². The first-order valence-electron chi connectivity index (χ1n) is 10.3. The van der Waals surface area contributed by atoms with Gasteiger partial charge in [-0.15, -0.1) is 0 Å². The lowest BCUT2D eigenvalue weighted by molar-refractivity contribution is -0.115. The maximum Gasteiger partial charge on any atom is 0.262 e. The summed E-state index contributed by atoms with van der Waals surface area (Å²) in [5, 5.41) is 3.68. The molecule has 1 aromatic heterocycles. The number of amides is 1. The van der Waals surface area contributed by atoms with Crippen molar-refractivity contribution in [2.75, 3.05) is 25.0 Å². The van der Waals surface area contributed by atoms with Crippen LogP contribution in [0.15, 0.2) is 64.5 Å². The SMILES string of the molecule is CCN(CC)CCn1c(S[C@@H](C)C(=O)Nc2ccccc2)nc2ccccc2c1=O. The summed E-state index contributed by atoms with van der Waals surface area (Å²) in [5.41, 5.74) is 1.34. The number of hydrogen-bond acceptors (Lipinski definition) is 5. The molecule has 0 saturated carbocycles. The van der Waals surface area contributed by atoms with Gasteiger partial charge in [-0.25, -0.2) is 4.98 Å². The van der Waals surface area contributed by atoms with Crippen molar-refractivity contribution in [1.29, 1.82) is 0 Å². The van der Waals surface area contributed by atoms with Crippen molar-refractivity contribution in [3.63, 3.8) is 0 Å². The van der Waals surface area contributed by atoms with Crippen molar-refractivity contribution in [2.24, 2.45) is 0 Å². The third-order valence-corrected chi connectivity index (χ3v) is 6.14. The second kappa shape index (κ2) is 10.4. The van der Waals surface area contributed by atoms with E-state index in [0.717, 1.165) is 25.3 Å². The summed E-state index contributed by atoms with van der Waals surface area (Å²) >= 11 is 1.31. The van der Waals surface area contributed by atoms with Crippen LogP contribution in [0, 0.1) is 0 Å². The van der Waals surface area contributed by atoms with Gasteiger partial charge in [0.2, 0.25) is 5.91 Å². The van der Waals surface area contributed by atoms with Gasteiger partial charge in [-0.3, -0.25) is 14.2 Å². The van der Waals surface area contributed by atoms with Gasteiger partial charge in [-0.2, -0.15) is 0 Å². The number of likely N-dealkylation sites (N-methyl/N-ethyl adjacent to an activating group) is 1. The Labute approximate surface area is 181 Å². The Morgan fingerprint density at radius 3 is 2.47 bits per heavy atom. The quantitative estimate of drug-likeness (QED) is 0.417. The lowest BCUT2D eigenvalue weighted by Gasteiger charge is -2.21. The first-order valence-corrected chi connectivity index (χ1v) is 11.2. The molecule has 0 bridgehead atoms. The van der Waals surface area contributed by atoms with E-state index in [2.05, 4.69) is 24.1 Å². The molecule has 0 unspecified atom stereocenters. The Kier molecular flexibility index (Phi) is 7.65. The van der Waals surface area contributed by atoms with Crippen molar-refractivity contribution < 1.29 is 4.79 Å². The number of anilines is 1. The van der Waals surface area contributed by atoms with Crippen LogP contribution in [-0.2, 0) is 11.3 Å². The van der Waals surface area contributed by atoms with Gasteiger partial charge >= 0.3 is 0 Å². The van der Waals surface area contributed by atoms with Crippen LogP contribution in [0.4, 0.5) is 5.69 Å². The predicted molar refractivity (Wildman–Crippen MR) is 124 cm³/mol. The molecule has 1 N–H and O–H groups in total. The number of nitrogens with one attached hydrogen (secondary N) is 1. The largest absolute Gasteiger partial charge is 0.325 e. The Morgan fingerprint density at radius 2 is 1.77 bits per heavy atom. The van der Waals surface area contributed by atoms with Gasteiger partial charge in [0.25, 0.3) is 5.56 Å². The molecule has 1 amide bonds. The molecule has 3 rings (SSSR count). The Balaban J connectivity index is 1.87. The van der Waals surface area contributed by atoms with Crippen LogP contribution in [0.1, 0.15) is 20.8 Å². The fourth-order valence-electron chi connectivity index (χ4n) is 3.19. The van der Waals surface area contributed by atoms with E-state index in [1.54, 1.807) is 10.6 Å². The molecule has 0 saturated heterocycles. The van der Waals surface area contributed by atoms with Crippen LogP contribution in [0.3, 0.4) is 0 Å². The maximum atomic E-state index is 13.2. The molecule has 0 fully saturated rings. The molecule has 0 radical (unpaired) electrons. The number of para-hydroxylation sites is 2. The van der Waals surface area contributed by atoms with E-state index in [1.165, 1.54) is 11.8 Å². The fourth-order valence-corrected chi connectivity index (χ4v) is 4.13. The highest BCUT2D eigenvalue weighted by atomic mass is 32.2. The molecule has 2 aromatic carbocycles. The van der Waals surface area contributed by atoms with Crippen LogP contribution in [0.25, 0.3) is 10.9 Å². The van der Waals surface area contributed by atoms with Gasteiger partial charge in [0.05, 0.1) is 16.2 Å². The van der Waals surface area contributed by atoms with Gasteiger partial charge in [-0.1, -0.05) is 55.9 Å². The first-order chi connectivity index (χ1) is 14.5. The number of thioether (sulfide) groups is 1. The molecule has 7 heteroatoms. The second-order valence-electron chi connectivity index (χ2n) is 7.01. The number of rotatable bonds is 9. The zero-order chi connectivity index (χ0) is 21.5. The summed E-state index contributed by atoms with van der Waals surface area (Å²) in [6, 6.07) is 16.7. The van der Waals surface area contributed by atoms with Crippen LogP contribution < -0.4 is 10.9 Å². The summed E-state index contributed by atoms with van der Waals surface area (Å²) in [5.74, 6) is -0.121. The molecule has 1 heterocycles. The Hall–Kier alpha value is -2.64. The molecule has 6 nitrogen and oxygen atoms in total. The number of hydrogen-bond donors (Lipinski definition) is 1. The second-order valence-corrected chi connectivity index (χ2v) is 8.32. The van der Waals surface area contributed by atoms with E-state index in [0.29, 0.717) is 22.6 Å². The lowest BCUT2D eigenvalue weighted by Crippen LogP contribution is -2.33. The number of nitrogens with zero attached hydrogens (tertiary/aromatic N) is 3. The predicted octanol–water partition coefficient (Wildman–Crippen LogP) is 3.86. The topological polar surface area (TPSA) is 67.2 Å². The van der Waals surface area contributed by atoms with E-state index in [4.69, 9.17) is 4.98 Å². The summed E-state index contributed by atoms with van der Waals surface area (Å²) < 4.78 is 1.71. The van der Waals surface area contributed by atoms with Crippen molar-refractivity contribution in [2.45, 2.75) is 37.7 Å². The summed E-state index contributed by atoms with van der Waals surface area (Å²) in [4.78, 5) is 32.8. The van der Waals surface area contributed by atoms with E-state index >= 15 is 0 Å². The molecule has 0 aliphatic heterocycles. The van der Waals surface area contributed by atoms with Crippen LogP contribution in [0.5, 0.6) is 0 Å². The highest BCUT2D eigenvalue weighted by molar-refractivity contribution is 8.00. The minimum absolute atomic E-state index is 0.0640. The maximum absolute atomic E-state index is 13.2. The number of fused-ring (bicyclic) bond motifs is 1. The third kappa shape index (κ3) is 5.29. The molecule has 30 heavy (non-hydrogen) atoms. The van der Waals surface area contributed by atoms with Gasteiger partial charge in [-0.05, 0) is 44.3 Å². The van der Waals surface area contributed by atoms with Crippen molar-refractivity contribution in [3.8, 4) is 0 Å². The van der Waals surface area contributed by atoms with Gasteiger partial charge in [0.1, 0.15) is 0 Å². The normalized spacial score (nSPS) is 12.3. The van der Waals surface area contributed by atoms with E-state index in [1.807, 2.05) is 55.5 Å². The van der Waals surface area contributed by atoms with Crippen molar-refractivity contribution in [3.05, 3.63) is 65.0 Å². The Bertz CT molecular complexity index is 1050. The molecular weight excluding hydrogens is 396 g/mol. The van der Waals surface area contributed by atoms with E-state index in [-0.39, 0.29) is 11.5 Å². The highest BCUT2D eigenvalue weighted by Gasteiger charge is 2.20. The molecule has 0 aliphatic rings. The monoisotopic (exact) mass is 424 g/mol. The minimum Gasteiger partial charge on any atom is -0.325 e. The third-order valence-electron chi connectivity index (χ3n) is 5.05. The fraction of sp³-hybridized carbons (Fsp3) is 0.348. The van der Waals surface area contributed by atoms with Gasteiger partial charge in [0.15, 0.2) is 5.16 Å². The lowest BCUT2D eigenvalue weighted by atomic mass is 10.2. The Morgan fingerprint density at radius 1 is 1.10 bits per heavy atom. The number of benzene rings is 2. The first kappa shape index (κ1) is 22.1. The summed E-state index contributed by atoms with van der Waals surface area (Å²) in [7, 11) is 0. The minimum atomic E-state index is -0.405.